The van der Waals surface area contributed by atoms with Crippen molar-refractivity contribution in [1.29, 1.82) is 5.26 Å². The van der Waals surface area contributed by atoms with E-state index >= 15 is 0 Å². The van der Waals surface area contributed by atoms with Crippen LogP contribution in [0.25, 0.3) is 0 Å². The van der Waals surface area contributed by atoms with Gasteiger partial charge in [0.15, 0.2) is 0 Å². The van der Waals surface area contributed by atoms with Gasteiger partial charge < -0.3 is 15.5 Å². The van der Waals surface area contributed by atoms with Crippen molar-refractivity contribution in [1.82, 2.24) is 24.6 Å². The van der Waals surface area contributed by atoms with E-state index in [1.54, 1.807) is 15.3 Å². The van der Waals surface area contributed by atoms with Gasteiger partial charge in [0.25, 0.3) is 5.91 Å². The number of likely N-dealkylation sites (tertiary alicyclic amines) is 1. The topological polar surface area (TPSA) is 152 Å². The average molecular weight is 725 g/mol. The summed E-state index contributed by atoms with van der Waals surface area (Å²) in [6.07, 6.45) is 12.6. The monoisotopic (exact) mass is 724 g/mol. The second-order valence-electron chi connectivity index (χ2n) is 18.5. The van der Waals surface area contributed by atoms with Gasteiger partial charge in [-0.05, 0) is 78.9 Å². The molecule has 4 aliphatic carbocycles. The zero-order chi connectivity index (χ0) is 37.3. The Kier molecular flexibility index (Phi) is 9.56. The zero-order valence-electron chi connectivity index (χ0n) is 31.5. The van der Waals surface area contributed by atoms with E-state index in [0.717, 1.165) is 64.2 Å². The molecular weight excluding hydrogens is 665 g/mol. The molecule has 0 bridgehead atoms. The summed E-state index contributed by atoms with van der Waals surface area (Å²) < 4.78 is 17.9. The molecule has 2 aliphatic heterocycles. The number of carbonyl (C=O) groups is 4. The molecule has 2 heterocycles. The summed E-state index contributed by atoms with van der Waals surface area (Å²) in [5, 5.41) is 15.8. The number of amides is 4. The minimum absolute atomic E-state index is 0.0477. The van der Waals surface area contributed by atoms with Gasteiger partial charge in [0.2, 0.25) is 17.7 Å². The van der Waals surface area contributed by atoms with E-state index in [0.29, 0.717) is 38.9 Å². The molecule has 6 aliphatic rings. The fourth-order valence-corrected chi connectivity index (χ4v) is 12.4. The first-order valence-corrected chi connectivity index (χ1v) is 20.9. The van der Waals surface area contributed by atoms with Crippen molar-refractivity contribution >= 4 is 39.4 Å². The van der Waals surface area contributed by atoms with E-state index in [-0.39, 0.29) is 45.8 Å². The second-order valence-corrected chi connectivity index (χ2v) is 20.5. The molecule has 12 heteroatoms. The lowest BCUT2D eigenvalue weighted by Crippen LogP contribution is -2.60. The lowest BCUT2D eigenvalue weighted by molar-refractivity contribution is -0.145. The Morgan fingerprint density at radius 2 is 1.63 bits per heavy atom. The number of nitrogens with one attached hydrogen (secondary N) is 3. The summed E-state index contributed by atoms with van der Waals surface area (Å²) >= 11 is 0. The maximum atomic E-state index is 14.9. The van der Waals surface area contributed by atoms with Crippen LogP contribution in [0.3, 0.4) is 0 Å². The minimum atomic E-state index is -3.08. The Morgan fingerprint density at radius 3 is 2.14 bits per heavy atom. The number of nitrogens with zero attached hydrogens (tertiary/aromatic N) is 3. The molecule has 282 valence electrons. The van der Waals surface area contributed by atoms with Crippen LogP contribution in [-0.4, -0.2) is 80.2 Å². The van der Waals surface area contributed by atoms with E-state index in [2.05, 4.69) is 47.7 Å². The molecule has 51 heavy (non-hydrogen) atoms. The molecule has 2 saturated heterocycles. The van der Waals surface area contributed by atoms with Gasteiger partial charge in [-0.25, -0.2) is 8.51 Å². The van der Waals surface area contributed by atoms with Gasteiger partial charge in [0, 0.05) is 43.8 Å². The van der Waals surface area contributed by atoms with Crippen LogP contribution >= 0.6 is 0 Å². The third-order valence-corrected chi connectivity index (χ3v) is 16.2. The maximum absolute atomic E-state index is 14.9. The van der Waals surface area contributed by atoms with Gasteiger partial charge in [-0.2, -0.15) is 5.26 Å². The fraction of sp³-hybridized carbons (Fsp3) is 0.795. The molecule has 2 unspecified atom stereocenters. The van der Waals surface area contributed by atoms with Crippen LogP contribution in [-0.2, 0) is 29.1 Å². The van der Waals surface area contributed by atoms with Crippen molar-refractivity contribution in [3.05, 3.63) is 12.7 Å². The van der Waals surface area contributed by atoms with E-state index in [1.807, 2.05) is 20.8 Å². The highest BCUT2D eigenvalue weighted by molar-refractivity contribution is 7.96. The van der Waals surface area contributed by atoms with Crippen LogP contribution in [0.5, 0.6) is 0 Å². The summed E-state index contributed by atoms with van der Waals surface area (Å²) in [5.41, 5.74) is -2.67. The highest BCUT2D eigenvalue weighted by Gasteiger charge is 2.85. The molecule has 0 radical (unpaired) electrons. The van der Waals surface area contributed by atoms with Crippen molar-refractivity contribution < 1.29 is 23.4 Å². The Hall–Kier alpha value is -2.91. The Bertz CT molecular complexity index is 1610. The number of rotatable bonds is 11. The highest BCUT2D eigenvalue weighted by atomic mass is 32.2. The molecule has 0 aromatic heterocycles. The van der Waals surface area contributed by atoms with E-state index in [1.165, 1.54) is 0 Å². The van der Waals surface area contributed by atoms with Crippen LogP contribution in [0.4, 0.5) is 0 Å². The van der Waals surface area contributed by atoms with Crippen LogP contribution in [0.2, 0.25) is 0 Å². The van der Waals surface area contributed by atoms with E-state index < -0.39 is 44.7 Å². The largest absolute Gasteiger partial charge is 0.344 e. The molecule has 6 fully saturated rings. The molecule has 0 aromatic carbocycles. The Balaban J connectivity index is 1.26. The molecule has 0 aromatic rings. The predicted molar refractivity (Wildman–Crippen MR) is 198 cm³/mol. The van der Waals surface area contributed by atoms with Crippen molar-refractivity contribution in [3.63, 3.8) is 0 Å². The Morgan fingerprint density at radius 1 is 0.980 bits per heavy atom. The van der Waals surface area contributed by atoms with E-state index in [4.69, 9.17) is 0 Å². The quantitative estimate of drug-likeness (QED) is 0.213. The second kappa shape index (κ2) is 12.9. The normalized spacial score (nSPS) is 33.3. The van der Waals surface area contributed by atoms with Crippen LogP contribution in [0.1, 0.15) is 125 Å². The first-order valence-electron chi connectivity index (χ1n) is 19.2. The molecular formula is C39H60N6O5S. The van der Waals surface area contributed by atoms with Gasteiger partial charge in [0.1, 0.15) is 27.5 Å². The van der Waals surface area contributed by atoms with Gasteiger partial charge in [-0.3, -0.25) is 23.9 Å². The number of hydrogen-bond donors (Lipinski definition) is 3. The maximum Gasteiger partial charge on any atom is 0.258 e. The highest BCUT2D eigenvalue weighted by Crippen LogP contribution is 2.88. The molecule has 4 amide bonds. The number of carbonyl (C=O) groups excluding carboxylic acids is 4. The van der Waals surface area contributed by atoms with Gasteiger partial charge >= 0.3 is 0 Å². The third-order valence-electron chi connectivity index (χ3n) is 14.5. The Labute approximate surface area is 305 Å². The molecule has 6 rings (SSSR count). The molecule has 4 saturated carbocycles. The predicted octanol–water partition coefficient (Wildman–Crippen LogP) is 4.39. The van der Waals surface area contributed by atoms with Gasteiger partial charge in [0.05, 0.1) is 6.07 Å². The molecule has 11 nitrogen and oxygen atoms in total. The SMILES string of the molecule is C=C[C@@H]1C[C@]1(NC(=O)[C@@H]1CC2(CN1C(=O)[C@@H](NC(=O)CC1(CC#N)CCCCC1)C(C)(C)C)C(C)(C)C21CCC1)C(=O)NS(=C)(=O)N1CCCC1. The lowest BCUT2D eigenvalue weighted by atomic mass is 9.69. The van der Waals surface area contributed by atoms with Crippen LogP contribution in [0.15, 0.2) is 12.7 Å². The third kappa shape index (κ3) is 6.12. The molecule has 2 spiro atoms. The van der Waals surface area contributed by atoms with Crippen molar-refractivity contribution in [2.75, 3.05) is 19.6 Å². The van der Waals surface area contributed by atoms with Crippen molar-refractivity contribution in [2.45, 2.75) is 142 Å². The first kappa shape index (κ1) is 37.8. The number of nitriles is 1. The first-order chi connectivity index (χ1) is 23.8. The fourth-order valence-electron chi connectivity index (χ4n) is 10.9. The standard InChI is InChI=1S/C39H60N6O5S/c1-8-27-23-39(27,33(49)43-51(7,50)44-21-12-13-22-44)42-31(47)28-24-38(35(5,6)37(38)17-14-18-37)26-45(28)32(48)30(34(2,3)4)41-29(46)25-36(19-20-40)15-10-9-11-16-36/h8,27-28,30H,1,7,9-19,21-26H2,2-6H3,(H,41,46)(H,42,47)(H,43,49,50)/t27-,28+,30-,38?,39-,51?/m1/s1. The van der Waals surface area contributed by atoms with Crippen molar-refractivity contribution in [2.24, 2.45) is 33.0 Å². The smallest absolute Gasteiger partial charge is 0.258 e. The summed E-state index contributed by atoms with van der Waals surface area (Å²) in [4.78, 5) is 58.8. The van der Waals surface area contributed by atoms with Crippen molar-refractivity contribution in [3.8, 4) is 6.07 Å². The zero-order valence-corrected chi connectivity index (χ0v) is 32.4. The minimum Gasteiger partial charge on any atom is -0.344 e. The van der Waals surface area contributed by atoms with Gasteiger partial charge in [-0.15, -0.1) is 6.58 Å². The van der Waals surface area contributed by atoms with Crippen LogP contribution < -0.4 is 15.4 Å². The lowest BCUT2D eigenvalue weighted by Gasteiger charge is -2.38. The van der Waals surface area contributed by atoms with E-state index in [9.17, 15) is 28.6 Å². The summed E-state index contributed by atoms with van der Waals surface area (Å²) in [7, 11) is -3.08. The van der Waals surface area contributed by atoms with Gasteiger partial charge in [-0.1, -0.05) is 66.4 Å². The molecule has 6 atom stereocenters. The number of hydrogen-bond acceptors (Lipinski definition) is 6. The molecule has 3 N–H and O–H groups in total. The summed E-state index contributed by atoms with van der Waals surface area (Å²) in [6, 6.07) is 0.562. The number of fused-ring (bicyclic) bond motifs is 1. The summed E-state index contributed by atoms with van der Waals surface area (Å²) in [6.45, 7) is 15.7. The van der Waals surface area contributed by atoms with Crippen LogP contribution in [0, 0.1) is 44.3 Å². The average Bonchev–Trinajstić information content (AvgIpc) is 3.49. The summed E-state index contributed by atoms with van der Waals surface area (Å²) in [5.74, 6) is 1.99.